The minimum absolute atomic E-state index is 0.0604. The lowest BCUT2D eigenvalue weighted by Gasteiger charge is -2.23. The standard InChI is InChI=1S/C17H27N3O/c1-20(2)13-16(14-7-4-3-5-8-14)19-17(21)11-10-15-9-6-12-18-15/h3-5,7-8,15-16,18H,6,9-13H2,1-2H3,(H,19,21). The van der Waals surface area contributed by atoms with E-state index in [0.29, 0.717) is 12.5 Å². The maximum atomic E-state index is 12.2. The third-order valence-corrected chi connectivity index (χ3v) is 3.97. The number of carbonyl (C=O) groups is 1. The molecule has 1 amide bonds. The maximum Gasteiger partial charge on any atom is 0.220 e. The van der Waals surface area contributed by atoms with Gasteiger partial charge < -0.3 is 15.5 Å². The van der Waals surface area contributed by atoms with Crippen molar-refractivity contribution in [2.45, 2.75) is 37.8 Å². The van der Waals surface area contributed by atoms with Gasteiger partial charge in [0, 0.05) is 19.0 Å². The Kier molecular flexibility index (Phi) is 6.21. The van der Waals surface area contributed by atoms with Crippen molar-refractivity contribution in [2.24, 2.45) is 0 Å². The van der Waals surface area contributed by atoms with Crippen LogP contribution in [0.1, 0.15) is 37.3 Å². The lowest BCUT2D eigenvalue weighted by atomic mass is 10.1. The molecule has 0 aliphatic carbocycles. The summed E-state index contributed by atoms with van der Waals surface area (Å²) >= 11 is 0. The molecule has 2 rings (SSSR count). The van der Waals surface area contributed by atoms with Crippen LogP contribution in [-0.2, 0) is 4.79 Å². The maximum absolute atomic E-state index is 12.2. The second-order valence-electron chi connectivity index (χ2n) is 6.12. The second kappa shape index (κ2) is 8.15. The van der Waals surface area contributed by atoms with Crippen LogP contribution >= 0.6 is 0 Å². The zero-order chi connectivity index (χ0) is 15.1. The molecule has 1 aromatic carbocycles. The topological polar surface area (TPSA) is 44.4 Å². The van der Waals surface area contributed by atoms with Gasteiger partial charge in [-0.15, -0.1) is 0 Å². The number of nitrogens with one attached hydrogen (secondary N) is 2. The smallest absolute Gasteiger partial charge is 0.220 e. The SMILES string of the molecule is CN(C)CC(NC(=O)CCC1CCCN1)c1ccccc1. The molecule has 4 nitrogen and oxygen atoms in total. The van der Waals surface area contributed by atoms with E-state index < -0.39 is 0 Å². The first kappa shape index (κ1) is 16.0. The monoisotopic (exact) mass is 289 g/mol. The minimum Gasteiger partial charge on any atom is -0.348 e. The van der Waals surface area contributed by atoms with Gasteiger partial charge in [-0.25, -0.2) is 0 Å². The highest BCUT2D eigenvalue weighted by Gasteiger charge is 2.18. The fraction of sp³-hybridized carbons (Fsp3) is 0.588. The molecule has 0 saturated carbocycles. The fourth-order valence-electron chi connectivity index (χ4n) is 2.86. The van der Waals surface area contributed by atoms with E-state index in [2.05, 4.69) is 27.7 Å². The van der Waals surface area contributed by atoms with Crippen molar-refractivity contribution >= 4 is 5.91 Å². The van der Waals surface area contributed by atoms with Crippen molar-refractivity contribution in [1.29, 1.82) is 0 Å². The second-order valence-corrected chi connectivity index (χ2v) is 6.12. The molecular weight excluding hydrogens is 262 g/mol. The van der Waals surface area contributed by atoms with Crippen LogP contribution in [0, 0.1) is 0 Å². The predicted molar refractivity (Wildman–Crippen MR) is 86.1 cm³/mol. The first-order valence-electron chi connectivity index (χ1n) is 7.87. The molecule has 2 N–H and O–H groups in total. The number of carbonyl (C=O) groups excluding carboxylic acids is 1. The van der Waals surface area contributed by atoms with Crippen LogP contribution in [0.5, 0.6) is 0 Å². The number of nitrogens with zero attached hydrogens (tertiary/aromatic N) is 1. The predicted octanol–water partition coefficient (Wildman–Crippen LogP) is 1.94. The van der Waals surface area contributed by atoms with Crippen molar-refractivity contribution in [1.82, 2.24) is 15.5 Å². The summed E-state index contributed by atoms with van der Waals surface area (Å²) in [4.78, 5) is 14.3. The van der Waals surface area contributed by atoms with E-state index in [1.165, 1.54) is 18.4 Å². The van der Waals surface area contributed by atoms with Gasteiger partial charge in [0.2, 0.25) is 5.91 Å². The molecule has 116 valence electrons. The number of likely N-dealkylation sites (N-methyl/N-ethyl adjacent to an activating group) is 1. The summed E-state index contributed by atoms with van der Waals surface area (Å²) in [5.41, 5.74) is 1.17. The summed E-state index contributed by atoms with van der Waals surface area (Å²) in [6.07, 6.45) is 3.98. The van der Waals surface area contributed by atoms with Crippen LogP contribution in [0.2, 0.25) is 0 Å². The highest BCUT2D eigenvalue weighted by Crippen LogP contribution is 2.15. The molecule has 0 spiro atoms. The Bertz CT molecular complexity index is 427. The molecule has 1 fully saturated rings. The van der Waals surface area contributed by atoms with E-state index in [-0.39, 0.29) is 11.9 Å². The number of rotatable bonds is 7. The highest BCUT2D eigenvalue weighted by molar-refractivity contribution is 5.76. The van der Waals surface area contributed by atoms with Crippen LogP contribution in [0.4, 0.5) is 0 Å². The molecule has 1 saturated heterocycles. The van der Waals surface area contributed by atoms with Crippen LogP contribution < -0.4 is 10.6 Å². The Balaban J connectivity index is 1.86. The molecular formula is C17H27N3O. The van der Waals surface area contributed by atoms with E-state index in [0.717, 1.165) is 19.5 Å². The molecule has 21 heavy (non-hydrogen) atoms. The highest BCUT2D eigenvalue weighted by atomic mass is 16.1. The lowest BCUT2D eigenvalue weighted by Crippen LogP contribution is -2.36. The number of amides is 1. The molecule has 1 aliphatic rings. The minimum atomic E-state index is 0.0604. The first-order valence-corrected chi connectivity index (χ1v) is 7.87. The average Bonchev–Trinajstić information content (AvgIpc) is 2.98. The zero-order valence-corrected chi connectivity index (χ0v) is 13.1. The number of hydrogen-bond acceptors (Lipinski definition) is 3. The largest absolute Gasteiger partial charge is 0.348 e. The van der Waals surface area contributed by atoms with E-state index in [1.54, 1.807) is 0 Å². The Hall–Kier alpha value is -1.39. The molecule has 2 unspecified atom stereocenters. The Morgan fingerprint density at radius 2 is 2.14 bits per heavy atom. The first-order chi connectivity index (χ1) is 10.1. The number of benzene rings is 1. The molecule has 1 heterocycles. The molecule has 0 bridgehead atoms. The van der Waals surface area contributed by atoms with Gasteiger partial charge in [-0.3, -0.25) is 4.79 Å². The third-order valence-electron chi connectivity index (χ3n) is 3.97. The summed E-state index contributed by atoms with van der Waals surface area (Å²) in [5, 5.41) is 6.62. The van der Waals surface area contributed by atoms with Gasteiger partial charge in [-0.1, -0.05) is 30.3 Å². The summed E-state index contributed by atoms with van der Waals surface area (Å²) < 4.78 is 0. The molecule has 2 atom stereocenters. The lowest BCUT2D eigenvalue weighted by molar-refractivity contribution is -0.122. The van der Waals surface area contributed by atoms with Crippen molar-refractivity contribution in [2.75, 3.05) is 27.2 Å². The van der Waals surface area contributed by atoms with Crippen molar-refractivity contribution in [3.05, 3.63) is 35.9 Å². The Labute approximate surface area is 127 Å². The van der Waals surface area contributed by atoms with Crippen molar-refractivity contribution < 1.29 is 4.79 Å². The summed E-state index contributed by atoms with van der Waals surface area (Å²) in [6, 6.07) is 10.8. The van der Waals surface area contributed by atoms with Crippen LogP contribution in [0.25, 0.3) is 0 Å². The Morgan fingerprint density at radius 1 is 1.38 bits per heavy atom. The zero-order valence-electron chi connectivity index (χ0n) is 13.1. The molecule has 0 aromatic heterocycles. The van der Waals surface area contributed by atoms with Gasteiger partial charge in [0.05, 0.1) is 6.04 Å². The molecule has 0 radical (unpaired) electrons. The summed E-state index contributed by atoms with van der Waals surface area (Å²) in [5.74, 6) is 0.152. The Morgan fingerprint density at radius 3 is 2.76 bits per heavy atom. The van der Waals surface area contributed by atoms with Gasteiger partial charge in [-0.05, 0) is 45.5 Å². The summed E-state index contributed by atoms with van der Waals surface area (Å²) in [7, 11) is 4.06. The van der Waals surface area contributed by atoms with E-state index >= 15 is 0 Å². The summed E-state index contributed by atoms with van der Waals surface area (Å²) in [6.45, 7) is 1.91. The van der Waals surface area contributed by atoms with Crippen molar-refractivity contribution in [3.8, 4) is 0 Å². The molecule has 4 heteroatoms. The van der Waals surface area contributed by atoms with Crippen LogP contribution in [0.15, 0.2) is 30.3 Å². The quantitative estimate of drug-likeness (QED) is 0.806. The number of hydrogen-bond donors (Lipinski definition) is 2. The van der Waals surface area contributed by atoms with Crippen molar-refractivity contribution in [3.63, 3.8) is 0 Å². The molecule has 1 aliphatic heterocycles. The molecule has 1 aromatic rings. The third kappa shape index (κ3) is 5.48. The fourth-order valence-corrected chi connectivity index (χ4v) is 2.86. The van der Waals surface area contributed by atoms with Gasteiger partial charge in [-0.2, -0.15) is 0 Å². The van der Waals surface area contributed by atoms with E-state index in [4.69, 9.17) is 0 Å². The van der Waals surface area contributed by atoms with E-state index in [9.17, 15) is 4.79 Å². The van der Waals surface area contributed by atoms with Gasteiger partial charge in [0.1, 0.15) is 0 Å². The normalized spacial score (nSPS) is 19.7. The van der Waals surface area contributed by atoms with Crippen LogP contribution in [0.3, 0.4) is 0 Å². The van der Waals surface area contributed by atoms with Crippen LogP contribution in [-0.4, -0.2) is 44.0 Å². The van der Waals surface area contributed by atoms with Gasteiger partial charge in [0.15, 0.2) is 0 Å². The van der Waals surface area contributed by atoms with Gasteiger partial charge >= 0.3 is 0 Å². The average molecular weight is 289 g/mol. The van der Waals surface area contributed by atoms with Gasteiger partial charge in [0.25, 0.3) is 0 Å². The van der Waals surface area contributed by atoms with E-state index in [1.807, 2.05) is 32.3 Å².